The van der Waals surface area contributed by atoms with Crippen molar-refractivity contribution in [2.45, 2.75) is 0 Å². The number of piperazine rings is 1. The lowest BCUT2D eigenvalue weighted by Gasteiger charge is -2.28. The number of carbonyl (C=O) groups excluding carboxylic acids is 2. The first kappa shape index (κ1) is 20.3. The predicted molar refractivity (Wildman–Crippen MR) is 106 cm³/mol. The van der Waals surface area contributed by atoms with Gasteiger partial charge in [-0.25, -0.2) is 4.39 Å². The van der Waals surface area contributed by atoms with Crippen LogP contribution in [0.3, 0.4) is 0 Å². The van der Waals surface area contributed by atoms with Crippen LogP contribution in [0.5, 0.6) is 0 Å². The van der Waals surface area contributed by atoms with Gasteiger partial charge in [0.05, 0.1) is 0 Å². The average molecular weight is 407 g/mol. The van der Waals surface area contributed by atoms with Crippen LogP contribution in [0.25, 0.3) is 0 Å². The molecule has 148 valence electrons. The maximum Gasteiger partial charge on any atom is 0.279 e. The van der Waals surface area contributed by atoms with Gasteiger partial charge in [0, 0.05) is 16.4 Å². The van der Waals surface area contributed by atoms with E-state index >= 15 is 0 Å². The van der Waals surface area contributed by atoms with Crippen LogP contribution in [0.2, 0.25) is 5.02 Å². The van der Waals surface area contributed by atoms with Gasteiger partial charge in [0.2, 0.25) is 0 Å². The van der Waals surface area contributed by atoms with Crippen LogP contribution >= 0.6 is 11.6 Å². The van der Waals surface area contributed by atoms with E-state index in [0.29, 0.717) is 29.5 Å². The second-order valence-corrected chi connectivity index (χ2v) is 7.41. The quantitative estimate of drug-likeness (QED) is 0.538. The summed E-state index contributed by atoms with van der Waals surface area (Å²) in [7, 11) is 0. The third-order valence-corrected chi connectivity index (χ3v) is 4.94. The summed E-state index contributed by atoms with van der Waals surface area (Å²) < 4.78 is 13.2. The summed E-state index contributed by atoms with van der Waals surface area (Å²) in [4.78, 5) is 26.7. The smallest absolute Gasteiger partial charge is 0.279 e. The number of rotatable bonds is 6. The zero-order valence-corrected chi connectivity index (χ0v) is 16.2. The molecule has 4 N–H and O–H groups in total. The molecule has 3 rings (SSSR count). The fourth-order valence-corrected chi connectivity index (χ4v) is 3.50. The van der Waals surface area contributed by atoms with E-state index < -0.39 is 0 Å². The molecule has 0 spiro atoms. The van der Waals surface area contributed by atoms with E-state index in [9.17, 15) is 14.0 Å². The molecule has 1 aliphatic rings. The molecule has 1 saturated heterocycles. The van der Waals surface area contributed by atoms with E-state index in [2.05, 4.69) is 10.6 Å². The Kier molecular flexibility index (Phi) is 6.97. The summed E-state index contributed by atoms with van der Waals surface area (Å²) in [6.07, 6.45) is 0. The molecule has 2 aromatic carbocycles. The Bertz CT molecular complexity index is 771. The maximum absolute atomic E-state index is 13.2. The summed E-state index contributed by atoms with van der Waals surface area (Å²) in [5, 5.41) is 6.17. The molecular formula is C20H24ClFN4O2+2. The molecular weight excluding hydrogens is 383 g/mol. The number of nitrogens with one attached hydrogen (secondary N) is 4. The Balaban J connectivity index is 1.39. The highest BCUT2D eigenvalue weighted by Gasteiger charge is 2.26. The molecule has 1 aliphatic heterocycles. The number of halogens is 2. The monoisotopic (exact) mass is 406 g/mol. The Morgan fingerprint density at radius 2 is 1.36 bits per heavy atom. The van der Waals surface area contributed by atoms with Gasteiger partial charge >= 0.3 is 0 Å². The number of hydrogen-bond acceptors (Lipinski definition) is 2. The van der Waals surface area contributed by atoms with Crippen LogP contribution in [-0.2, 0) is 9.59 Å². The summed E-state index contributed by atoms with van der Waals surface area (Å²) in [5.74, 6) is -0.564. The minimum atomic E-state index is -0.376. The van der Waals surface area contributed by atoms with Gasteiger partial charge in [-0.15, -0.1) is 0 Å². The lowest BCUT2D eigenvalue weighted by atomic mass is 10.2. The Labute approximate surface area is 168 Å². The second-order valence-electron chi connectivity index (χ2n) is 6.97. The molecule has 0 unspecified atom stereocenters. The Morgan fingerprint density at radius 3 is 1.86 bits per heavy atom. The summed E-state index contributed by atoms with van der Waals surface area (Å²) in [6.45, 7) is 3.94. The first-order valence-corrected chi connectivity index (χ1v) is 9.64. The molecule has 0 radical (unpaired) electrons. The molecule has 0 aliphatic carbocycles. The van der Waals surface area contributed by atoms with Crippen molar-refractivity contribution < 1.29 is 23.8 Å². The molecule has 0 aromatic heterocycles. The van der Waals surface area contributed by atoms with Crippen molar-refractivity contribution in [3.8, 4) is 0 Å². The van der Waals surface area contributed by atoms with Crippen molar-refractivity contribution in [1.82, 2.24) is 0 Å². The standard InChI is InChI=1S/C20H22ClFN4O2/c21-15-3-1-5-17(11-15)23-19(27)13-25-7-9-26(10-8-25)14-20(28)24-18-6-2-4-16(22)12-18/h1-6,11-12H,7-10,13-14H2,(H,23,27)(H,24,28)/p+2. The normalized spacial score (nSPS) is 19.1. The third-order valence-electron chi connectivity index (χ3n) is 4.70. The minimum Gasteiger partial charge on any atom is -0.321 e. The number of quaternary nitrogens is 2. The van der Waals surface area contributed by atoms with E-state index in [4.69, 9.17) is 11.6 Å². The molecule has 1 fully saturated rings. The van der Waals surface area contributed by atoms with Gasteiger partial charge in [0.25, 0.3) is 11.8 Å². The molecule has 6 nitrogen and oxygen atoms in total. The number of anilines is 2. The number of amides is 2. The molecule has 28 heavy (non-hydrogen) atoms. The zero-order valence-electron chi connectivity index (χ0n) is 15.4. The first-order chi connectivity index (χ1) is 13.5. The molecule has 2 aromatic rings. The minimum absolute atomic E-state index is 0.0513. The van der Waals surface area contributed by atoms with Gasteiger partial charge in [0.1, 0.15) is 32.0 Å². The average Bonchev–Trinajstić information content (AvgIpc) is 2.63. The number of hydrogen-bond donors (Lipinski definition) is 4. The highest BCUT2D eigenvalue weighted by molar-refractivity contribution is 6.30. The molecule has 2 amide bonds. The zero-order chi connectivity index (χ0) is 19.9. The third kappa shape index (κ3) is 6.30. The van der Waals surface area contributed by atoms with Crippen molar-refractivity contribution in [3.63, 3.8) is 0 Å². The Hall–Kier alpha value is -2.48. The van der Waals surface area contributed by atoms with Gasteiger partial charge in [-0.2, -0.15) is 0 Å². The fourth-order valence-electron chi connectivity index (χ4n) is 3.31. The Morgan fingerprint density at radius 1 is 0.857 bits per heavy atom. The van der Waals surface area contributed by atoms with Crippen molar-refractivity contribution in [2.24, 2.45) is 0 Å². The van der Waals surface area contributed by atoms with Crippen LogP contribution in [0.1, 0.15) is 0 Å². The van der Waals surface area contributed by atoms with Crippen molar-refractivity contribution in [1.29, 1.82) is 0 Å². The van der Waals surface area contributed by atoms with E-state index in [0.717, 1.165) is 31.1 Å². The van der Waals surface area contributed by atoms with Gasteiger partial charge < -0.3 is 20.4 Å². The SMILES string of the molecule is O=C(C[NH+]1CC[NH+](CC(=O)Nc2cccc(Cl)c2)CC1)Nc1cccc(F)c1. The second kappa shape index (κ2) is 9.64. The van der Waals surface area contributed by atoms with Crippen LogP contribution in [0.4, 0.5) is 15.8 Å². The predicted octanol–water partition coefficient (Wildman–Crippen LogP) is -0.160. The topological polar surface area (TPSA) is 67.1 Å². The summed E-state index contributed by atoms with van der Waals surface area (Å²) in [6, 6.07) is 12.9. The largest absolute Gasteiger partial charge is 0.321 e. The highest BCUT2D eigenvalue weighted by atomic mass is 35.5. The first-order valence-electron chi connectivity index (χ1n) is 9.26. The van der Waals surface area contributed by atoms with Crippen molar-refractivity contribution >= 4 is 34.8 Å². The van der Waals surface area contributed by atoms with E-state index in [1.165, 1.54) is 17.0 Å². The van der Waals surface area contributed by atoms with Gasteiger partial charge in [0.15, 0.2) is 13.1 Å². The maximum atomic E-state index is 13.2. The van der Waals surface area contributed by atoms with E-state index in [1.54, 1.807) is 36.4 Å². The van der Waals surface area contributed by atoms with E-state index in [-0.39, 0.29) is 17.6 Å². The number of carbonyl (C=O) groups is 2. The van der Waals surface area contributed by atoms with Gasteiger partial charge in [-0.3, -0.25) is 9.59 Å². The van der Waals surface area contributed by atoms with Gasteiger partial charge in [-0.1, -0.05) is 23.7 Å². The molecule has 1 heterocycles. The van der Waals surface area contributed by atoms with Crippen LogP contribution < -0.4 is 20.4 Å². The fraction of sp³-hybridized carbons (Fsp3) is 0.300. The molecule has 0 saturated carbocycles. The van der Waals surface area contributed by atoms with Crippen LogP contribution in [-0.4, -0.2) is 51.1 Å². The van der Waals surface area contributed by atoms with E-state index in [1.807, 2.05) is 0 Å². The highest BCUT2D eigenvalue weighted by Crippen LogP contribution is 2.14. The van der Waals surface area contributed by atoms with Crippen molar-refractivity contribution in [3.05, 3.63) is 59.4 Å². The lowest BCUT2D eigenvalue weighted by molar-refractivity contribution is -1.00. The van der Waals surface area contributed by atoms with Gasteiger partial charge in [-0.05, 0) is 36.4 Å². The van der Waals surface area contributed by atoms with Crippen molar-refractivity contribution in [2.75, 3.05) is 49.9 Å². The van der Waals surface area contributed by atoms with Crippen LogP contribution in [0.15, 0.2) is 48.5 Å². The molecule has 8 heteroatoms. The molecule has 0 atom stereocenters. The summed E-state index contributed by atoms with van der Waals surface area (Å²) >= 11 is 5.93. The molecule has 0 bridgehead atoms. The summed E-state index contributed by atoms with van der Waals surface area (Å²) in [5.41, 5.74) is 1.15. The van der Waals surface area contributed by atoms with Crippen LogP contribution in [0, 0.1) is 5.82 Å². The number of benzene rings is 2. The lowest BCUT2D eigenvalue weighted by Crippen LogP contribution is -3.28.